The van der Waals surface area contributed by atoms with E-state index in [-0.39, 0.29) is 17.3 Å². The topological polar surface area (TPSA) is 79.9 Å². The van der Waals surface area contributed by atoms with Crippen LogP contribution in [0.1, 0.15) is 28.5 Å². The first-order valence-electron chi connectivity index (χ1n) is 7.39. The second-order valence-corrected chi connectivity index (χ2v) is 6.08. The number of carbonyl (C=O) groups excluding carboxylic acids is 1. The van der Waals surface area contributed by atoms with Crippen molar-refractivity contribution in [3.8, 4) is 6.07 Å². The van der Waals surface area contributed by atoms with Gasteiger partial charge >= 0.3 is 0 Å². The average Bonchev–Trinajstić information content (AvgIpc) is 2.82. The van der Waals surface area contributed by atoms with Gasteiger partial charge in [-0.25, -0.2) is 4.68 Å². The Hall–Kier alpha value is -2.36. The van der Waals surface area contributed by atoms with Gasteiger partial charge in [-0.2, -0.15) is 10.4 Å². The Kier molecular flexibility index (Phi) is 5.60. The molecule has 1 atom stereocenters. The van der Waals surface area contributed by atoms with Crippen LogP contribution in [0.4, 0.5) is 0 Å². The Labute approximate surface area is 146 Å². The van der Waals surface area contributed by atoms with Gasteiger partial charge in [0.05, 0.1) is 30.5 Å². The zero-order valence-corrected chi connectivity index (χ0v) is 14.6. The number of nitrogens with one attached hydrogen (secondary N) is 1. The van der Waals surface area contributed by atoms with Crippen LogP contribution in [0.15, 0.2) is 30.3 Å². The number of halogens is 1. The van der Waals surface area contributed by atoms with E-state index in [0.717, 1.165) is 5.56 Å². The molecule has 1 heterocycles. The predicted molar refractivity (Wildman–Crippen MR) is 90.9 cm³/mol. The molecule has 0 aliphatic carbocycles. The van der Waals surface area contributed by atoms with Crippen LogP contribution in [0.5, 0.6) is 0 Å². The molecule has 1 aromatic carbocycles. The number of aryl methyl sites for hydroxylation is 1. The first-order chi connectivity index (χ1) is 11.4. The van der Waals surface area contributed by atoms with Crippen molar-refractivity contribution >= 4 is 17.5 Å². The zero-order valence-electron chi connectivity index (χ0n) is 13.8. The Balaban J connectivity index is 2.25. The van der Waals surface area contributed by atoms with Gasteiger partial charge in [0.1, 0.15) is 10.7 Å². The molecule has 1 amide bonds. The highest BCUT2D eigenvalue weighted by Gasteiger charge is 2.30. The molecule has 24 heavy (non-hydrogen) atoms. The second kappa shape index (κ2) is 7.47. The molecule has 0 aliphatic rings. The number of amides is 1. The van der Waals surface area contributed by atoms with Crippen LogP contribution >= 0.6 is 11.6 Å². The van der Waals surface area contributed by atoms with Crippen LogP contribution in [0.2, 0.25) is 5.15 Å². The van der Waals surface area contributed by atoms with Crippen molar-refractivity contribution in [2.45, 2.75) is 25.9 Å². The van der Waals surface area contributed by atoms with Gasteiger partial charge < -0.3 is 10.1 Å². The largest absolute Gasteiger partial charge is 0.381 e. The van der Waals surface area contributed by atoms with Crippen molar-refractivity contribution in [2.75, 3.05) is 13.7 Å². The first kappa shape index (κ1) is 18.0. The number of hydrogen-bond acceptors (Lipinski definition) is 4. The third-order valence-corrected chi connectivity index (χ3v) is 3.92. The minimum absolute atomic E-state index is 0.0735. The van der Waals surface area contributed by atoms with Crippen molar-refractivity contribution < 1.29 is 9.53 Å². The summed E-state index contributed by atoms with van der Waals surface area (Å²) in [5.41, 5.74) is 0.662. The van der Waals surface area contributed by atoms with Crippen molar-refractivity contribution in [3.05, 3.63) is 52.3 Å². The number of nitrogens with zero attached hydrogens (tertiary/aromatic N) is 3. The number of carbonyl (C=O) groups is 1. The molecule has 1 N–H and O–H groups in total. The lowest BCUT2D eigenvalue weighted by Crippen LogP contribution is -2.48. The molecule has 0 bridgehead atoms. The number of hydrogen-bond donors (Lipinski definition) is 1. The zero-order chi connectivity index (χ0) is 17.7. The third-order valence-electron chi connectivity index (χ3n) is 3.54. The minimum atomic E-state index is -1.14. The van der Waals surface area contributed by atoms with Crippen molar-refractivity contribution in [1.82, 2.24) is 15.1 Å². The predicted octanol–water partition coefficient (Wildman–Crippen LogP) is 2.55. The fraction of sp³-hybridized carbons (Fsp3) is 0.353. The second-order valence-electron chi connectivity index (χ2n) is 5.73. The van der Waals surface area contributed by atoms with Gasteiger partial charge in [-0.3, -0.25) is 4.79 Å². The van der Waals surface area contributed by atoms with Gasteiger partial charge in [0.25, 0.3) is 5.91 Å². The fourth-order valence-electron chi connectivity index (χ4n) is 2.37. The minimum Gasteiger partial charge on any atom is -0.381 e. The molecule has 126 valence electrons. The lowest BCUT2D eigenvalue weighted by molar-refractivity contribution is 0.0859. The highest BCUT2D eigenvalue weighted by Crippen LogP contribution is 2.21. The van der Waals surface area contributed by atoms with Crippen LogP contribution in [0.3, 0.4) is 0 Å². The maximum absolute atomic E-state index is 12.5. The highest BCUT2D eigenvalue weighted by atomic mass is 35.5. The fourth-order valence-corrected chi connectivity index (χ4v) is 2.69. The Bertz CT molecular complexity index is 767. The molecule has 7 heteroatoms. The standard InChI is InChI=1S/C17H19ClN4O2/c1-12-14(16(23)20-17(2,10-19)11-24-3)15(18)22(21-12)9-13-7-5-4-6-8-13/h4-8H,9,11H2,1-3H3,(H,20,23). The molecular weight excluding hydrogens is 328 g/mol. The summed E-state index contributed by atoms with van der Waals surface area (Å²) in [6.07, 6.45) is 0. The molecule has 0 radical (unpaired) electrons. The highest BCUT2D eigenvalue weighted by molar-refractivity contribution is 6.33. The molecule has 1 aromatic heterocycles. The smallest absolute Gasteiger partial charge is 0.257 e. The molecule has 0 fully saturated rings. The summed E-state index contributed by atoms with van der Waals surface area (Å²) in [7, 11) is 1.47. The van der Waals surface area contributed by atoms with E-state index in [0.29, 0.717) is 12.2 Å². The maximum Gasteiger partial charge on any atom is 0.257 e. The average molecular weight is 347 g/mol. The summed E-state index contributed by atoms with van der Waals surface area (Å²) < 4.78 is 6.56. The van der Waals surface area contributed by atoms with Gasteiger partial charge in [-0.1, -0.05) is 41.9 Å². The Morgan fingerprint density at radius 1 is 1.46 bits per heavy atom. The number of aromatic nitrogens is 2. The van der Waals surface area contributed by atoms with Gasteiger partial charge in [-0.05, 0) is 19.4 Å². The molecule has 2 rings (SSSR count). The summed E-state index contributed by atoms with van der Waals surface area (Å²) in [5.74, 6) is -0.446. The van der Waals surface area contributed by atoms with Crippen LogP contribution in [0, 0.1) is 18.3 Å². The van der Waals surface area contributed by atoms with E-state index in [1.54, 1.807) is 18.5 Å². The molecule has 0 aliphatic heterocycles. The van der Waals surface area contributed by atoms with Gasteiger partial charge in [-0.15, -0.1) is 0 Å². The molecule has 0 saturated heterocycles. The summed E-state index contributed by atoms with van der Waals surface area (Å²) in [6, 6.07) is 11.7. The third kappa shape index (κ3) is 3.94. The van der Waals surface area contributed by atoms with E-state index < -0.39 is 11.4 Å². The van der Waals surface area contributed by atoms with E-state index in [9.17, 15) is 10.1 Å². The molecule has 1 unspecified atom stereocenters. The van der Waals surface area contributed by atoms with Crippen molar-refractivity contribution in [2.24, 2.45) is 0 Å². The van der Waals surface area contributed by atoms with E-state index in [1.165, 1.54) is 7.11 Å². The molecule has 6 nitrogen and oxygen atoms in total. The maximum atomic E-state index is 12.5. The molecule has 0 saturated carbocycles. The van der Waals surface area contributed by atoms with Crippen molar-refractivity contribution in [3.63, 3.8) is 0 Å². The summed E-state index contributed by atoms with van der Waals surface area (Å²) >= 11 is 6.35. The number of rotatable bonds is 6. The Morgan fingerprint density at radius 3 is 2.71 bits per heavy atom. The van der Waals surface area contributed by atoms with E-state index >= 15 is 0 Å². The van der Waals surface area contributed by atoms with Crippen LogP contribution < -0.4 is 5.32 Å². The number of nitriles is 1. The van der Waals surface area contributed by atoms with E-state index in [2.05, 4.69) is 10.4 Å². The van der Waals surface area contributed by atoms with Crippen molar-refractivity contribution in [1.29, 1.82) is 5.26 Å². The normalized spacial score (nSPS) is 13.1. The van der Waals surface area contributed by atoms with Crippen LogP contribution in [-0.4, -0.2) is 34.9 Å². The first-order valence-corrected chi connectivity index (χ1v) is 7.77. The van der Waals surface area contributed by atoms with Crippen LogP contribution in [0.25, 0.3) is 0 Å². The summed E-state index contributed by atoms with van der Waals surface area (Å²) in [4.78, 5) is 12.5. The summed E-state index contributed by atoms with van der Waals surface area (Å²) in [5, 5.41) is 16.5. The monoisotopic (exact) mass is 346 g/mol. The summed E-state index contributed by atoms with van der Waals surface area (Å²) in [6.45, 7) is 3.83. The van der Waals surface area contributed by atoms with Gasteiger partial charge in [0.2, 0.25) is 0 Å². The van der Waals surface area contributed by atoms with Gasteiger partial charge in [0.15, 0.2) is 0 Å². The lowest BCUT2D eigenvalue weighted by Gasteiger charge is -2.22. The SMILES string of the molecule is COCC(C)(C#N)NC(=O)c1c(C)nn(Cc2ccccc2)c1Cl. The Morgan fingerprint density at radius 2 is 2.12 bits per heavy atom. The molecule has 0 spiro atoms. The lowest BCUT2D eigenvalue weighted by atomic mass is 10.1. The molecule has 2 aromatic rings. The number of ether oxygens (including phenoxy) is 1. The van der Waals surface area contributed by atoms with Gasteiger partial charge in [0, 0.05) is 7.11 Å². The quantitative estimate of drug-likeness (QED) is 0.871. The van der Waals surface area contributed by atoms with Crippen LogP contribution in [-0.2, 0) is 11.3 Å². The molecular formula is C17H19ClN4O2. The number of benzene rings is 1. The number of methoxy groups -OCH3 is 1. The van der Waals surface area contributed by atoms with E-state index in [4.69, 9.17) is 16.3 Å². The van der Waals surface area contributed by atoms with E-state index in [1.807, 2.05) is 36.4 Å².